The zero-order valence-electron chi connectivity index (χ0n) is 11.8. The van der Waals surface area contributed by atoms with Crippen molar-refractivity contribution in [2.45, 2.75) is 11.3 Å². The highest BCUT2D eigenvalue weighted by atomic mass is 35.5. The molecule has 0 aliphatic rings. The molecule has 0 radical (unpaired) electrons. The molecule has 0 fully saturated rings. The van der Waals surface area contributed by atoms with Crippen molar-refractivity contribution in [3.05, 3.63) is 58.9 Å². The third kappa shape index (κ3) is 4.19. The first kappa shape index (κ1) is 16.7. The molecular formula is C15H15ClFNO3S. The first-order valence-electron chi connectivity index (χ1n) is 6.50. The number of nitrogens with one attached hydrogen (secondary N) is 1. The van der Waals surface area contributed by atoms with Gasteiger partial charge in [-0.05, 0) is 42.3 Å². The minimum absolute atomic E-state index is 0.140. The van der Waals surface area contributed by atoms with Crippen molar-refractivity contribution in [2.75, 3.05) is 13.7 Å². The second kappa shape index (κ2) is 7.09. The molecule has 0 heterocycles. The van der Waals surface area contributed by atoms with Crippen molar-refractivity contribution in [1.82, 2.24) is 4.72 Å². The molecule has 2 aromatic rings. The summed E-state index contributed by atoms with van der Waals surface area (Å²) in [6.07, 6.45) is 0.457. The number of benzene rings is 2. The van der Waals surface area contributed by atoms with Crippen LogP contribution in [0.3, 0.4) is 0 Å². The van der Waals surface area contributed by atoms with E-state index in [-0.39, 0.29) is 11.6 Å². The number of hydrogen-bond acceptors (Lipinski definition) is 3. The number of halogens is 2. The molecule has 0 aromatic heterocycles. The van der Waals surface area contributed by atoms with Gasteiger partial charge in [0, 0.05) is 11.6 Å². The average molecular weight is 344 g/mol. The van der Waals surface area contributed by atoms with Crippen LogP contribution in [0.5, 0.6) is 5.75 Å². The summed E-state index contributed by atoms with van der Waals surface area (Å²) >= 11 is 5.71. The van der Waals surface area contributed by atoms with Crippen LogP contribution in [-0.4, -0.2) is 22.1 Å². The zero-order chi connectivity index (χ0) is 16.2. The van der Waals surface area contributed by atoms with Gasteiger partial charge >= 0.3 is 0 Å². The maximum absolute atomic E-state index is 13.6. The molecule has 0 atom stereocenters. The van der Waals surface area contributed by atoms with E-state index in [2.05, 4.69) is 4.72 Å². The minimum atomic E-state index is -3.94. The predicted octanol–water partition coefficient (Wildman–Crippen LogP) is 3.01. The molecule has 2 rings (SSSR count). The van der Waals surface area contributed by atoms with Crippen LogP contribution in [0.4, 0.5) is 4.39 Å². The molecule has 0 saturated carbocycles. The molecule has 0 bridgehead atoms. The van der Waals surface area contributed by atoms with Crippen molar-refractivity contribution in [3.8, 4) is 5.75 Å². The molecule has 4 nitrogen and oxygen atoms in total. The average Bonchev–Trinajstić information content (AvgIpc) is 2.49. The molecule has 118 valence electrons. The van der Waals surface area contributed by atoms with E-state index in [0.29, 0.717) is 12.2 Å². The van der Waals surface area contributed by atoms with Crippen molar-refractivity contribution in [3.63, 3.8) is 0 Å². The Kier molecular flexibility index (Phi) is 5.39. The summed E-state index contributed by atoms with van der Waals surface area (Å²) < 4.78 is 45.2. The fourth-order valence-corrected chi connectivity index (χ4v) is 3.29. The molecule has 2 aromatic carbocycles. The van der Waals surface area contributed by atoms with E-state index in [9.17, 15) is 12.8 Å². The predicted molar refractivity (Wildman–Crippen MR) is 83.3 cm³/mol. The Hall–Kier alpha value is -1.63. The first-order chi connectivity index (χ1) is 10.4. The van der Waals surface area contributed by atoms with Crippen molar-refractivity contribution < 1.29 is 17.5 Å². The van der Waals surface area contributed by atoms with Crippen LogP contribution in [0.2, 0.25) is 5.02 Å². The smallest absolute Gasteiger partial charge is 0.243 e. The molecule has 0 amide bonds. The van der Waals surface area contributed by atoms with E-state index in [1.807, 2.05) is 18.2 Å². The van der Waals surface area contributed by atoms with Gasteiger partial charge in [0.2, 0.25) is 10.0 Å². The maximum atomic E-state index is 13.6. The molecular weight excluding hydrogens is 329 g/mol. The fraction of sp³-hybridized carbons (Fsp3) is 0.200. The van der Waals surface area contributed by atoms with Gasteiger partial charge in [-0.25, -0.2) is 17.5 Å². The molecule has 0 unspecified atom stereocenters. The fourth-order valence-electron chi connectivity index (χ4n) is 1.92. The quantitative estimate of drug-likeness (QED) is 0.877. The Labute approximate surface area is 133 Å². The SMILES string of the molecule is COc1cccc(CCNS(=O)(=O)c2cc(Cl)ccc2F)c1. The van der Waals surface area contributed by atoms with Gasteiger partial charge in [0.25, 0.3) is 0 Å². The van der Waals surface area contributed by atoms with Crippen molar-refractivity contribution in [2.24, 2.45) is 0 Å². The highest BCUT2D eigenvalue weighted by molar-refractivity contribution is 7.89. The molecule has 0 saturated heterocycles. The van der Waals surface area contributed by atoms with Crippen LogP contribution >= 0.6 is 11.6 Å². The Bertz CT molecular complexity index is 765. The van der Waals surface area contributed by atoms with Gasteiger partial charge in [-0.2, -0.15) is 0 Å². The lowest BCUT2D eigenvalue weighted by Gasteiger charge is -2.09. The Morgan fingerprint density at radius 1 is 1.23 bits per heavy atom. The van der Waals surface area contributed by atoms with Crippen LogP contribution < -0.4 is 9.46 Å². The summed E-state index contributed by atoms with van der Waals surface area (Å²) in [5.74, 6) is -0.139. The topological polar surface area (TPSA) is 55.4 Å². The van der Waals surface area contributed by atoms with Gasteiger partial charge in [0.1, 0.15) is 16.5 Å². The van der Waals surface area contributed by atoms with Crippen molar-refractivity contribution >= 4 is 21.6 Å². The lowest BCUT2D eigenvalue weighted by Crippen LogP contribution is -2.26. The summed E-state index contributed by atoms with van der Waals surface area (Å²) in [5, 5.41) is 0.162. The lowest BCUT2D eigenvalue weighted by atomic mass is 10.1. The van der Waals surface area contributed by atoms with E-state index in [0.717, 1.165) is 17.7 Å². The summed E-state index contributed by atoms with van der Waals surface area (Å²) in [5.41, 5.74) is 0.911. The summed E-state index contributed by atoms with van der Waals surface area (Å²) in [6, 6.07) is 10.7. The van der Waals surface area contributed by atoms with Crippen LogP contribution in [0.25, 0.3) is 0 Å². The monoisotopic (exact) mass is 343 g/mol. The summed E-state index contributed by atoms with van der Waals surface area (Å²) in [4.78, 5) is -0.453. The van der Waals surface area contributed by atoms with E-state index >= 15 is 0 Å². The van der Waals surface area contributed by atoms with Gasteiger partial charge in [-0.3, -0.25) is 0 Å². The molecule has 22 heavy (non-hydrogen) atoms. The lowest BCUT2D eigenvalue weighted by molar-refractivity contribution is 0.414. The second-order valence-electron chi connectivity index (χ2n) is 4.57. The van der Waals surface area contributed by atoms with Gasteiger partial charge in [-0.15, -0.1) is 0 Å². The van der Waals surface area contributed by atoms with Crippen LogP contribution in [0.15, 0.2) is 47.4 Å². The molecule has 0 aliphatic carbocycles. The first-order valence-corrected chi connectivity index (χ1v) is 8.36. The van der Waals surface area contributed by atoms with Crippen LogP contribution in [0.1, 0.15) is 5.56 Å². The maximum Gasteiger partial charge on any atom is 0.243 e. The molecule has 7 heteroatoms. The van der Waals surface area contributed by atoms with E-state index in [4.69, 9.17) is 16.3 Å². The van der Waals surface area contributed by atoms with Crippen LogP contribution in [-0.2, 0) is 16.4 Å². The van der Waals surface area contributed by atoms with E-state index in [1.54, 1.807) is 13.2 Å². The standard InChI is InChI=1S/C15H15ClFNO3S/c1-21-13-4-2-3-11(9-13)7-8-18-22(19,20)15-10-12(16)5-6-14(15)17/h2-6,9-10,18H,7-8H2,1H3. The highest BCUT2D eigenvalue weighted by Crippen LogP contribution is 2.19. The van der Waals surface area contributed by atoms with Gasteiger partial charge in [0.05, 0.1) is 7.11 Å². The molecule has 1 N–H and O–H groups in total. The number of hydrogen-bond donors (Lipinski definition) is 1. The normalized spacial score (nSPS) is 11.4. The van der Waals surface area contributed by atoms with E-state index in [1.165, 1.54) is 6.07 Å². The minimum Gasteiger partial charge on any atom is -0.497 e. The summed E-state index contributed by atoms with van der Waals surface area (Å²) in [7, 11) is -2.38. The van der Waals surface area contributed by atoms with Gasteiger partial charge in [-0.1, -0.05) is 23.7 Å². The third-order valence-corrected chi connectivity index (χ3v) is 4.73. The number of methoxy groups -OCH3 is 1. The largest absolute Gasteiger partial charge is 0.497 e. The molecule has 0 aliphatic heterocycles. The Morgan fingerprint density at radius 3 is 2.73 bits per heavy atom. The number of rotatable bonds is 6. The van der Waals surface area contributed by atoms with E-state index < -0.39 is 20.7 Å². The highest BCUT2D eigenvalue weighted by Gasteiger charge is 2.18. The summed E-state index contributed by atoms with van der Waals surface area (Å²) in [6.45, 7) is 0.140. The Morgan fingerprint density at radius 2 is 2.00 bits per heavy atom. The van der Waals surface area contributed by atoms with Crippen LogP contribution in [0, 0.1) is 5.82 Å². The number of sulfonamides is 1. The zero-order valence-corrected chi connectivity index (χ0v) is 13.4. The second-order valence-corrected chi connectivity index (χ2v) is 6.75. The third-order valence-electron chi connectivity index (χ3n) is 3.02. The number of ether oxygens (including phenoxy) is 1. The van der Waals surface area contributed by atoms with Gasteiger partial charge < -0.3 is 4.74 Å². The Balaban J connectivity index is 2.05. The molecule has 0 spiro atoms. The van der Waals surface area contributed by atoms with Crippen molar-refractivity contribution in [1.29, 1.82) is 0 Å². The van der Waals surface area contributed by atoms with Gasteiger partial charge in [0.15, 0.2) is 0 Å².